The van der Waals surface area contributed by atoms with Crippen molar-refractivity contribution in [3.8, 4) is 17.1 Å². The summed E-state index contributed by atoms with van der Waals surface area (Å²) >= 11 is 0. The number of nitrogens with one attached hydrogen (secondary N) is 2. The molecular formula is C22H22N4O2. The van der Waals surface area contributed by atoms with Gasteiger partial charge in [0.1, 0.15) is 17.3 Å². The molecule has 0 atom stereocenters. The first-order chi connectivity index (χ1) is 13.7. The summed E-state index contributed by atoms with van der Waals surface area (Å²) in [7, 11) is 1.61. The molecule has 0 saturated carbocycles. The second-order valence-electron chi connectivity index (χ2n) is 5.99. The molecule has 3 rings (SSSR count). The highest BCUT2D eigenvalue weighted by molar-refractivity contribution is 5.93. The van der Waals surface area contributed by atoms with Crippen molar-refractivity contribution in [2.75, 3.05) is 19.0 Å². The zero-order valence-corrected chi connectivity index (χ0v) is 15.7. The van der Waals surface area contributed by atoms with E-state index in [1.165, 1.54) is 0 Å². The van der Waals surface area contributed by atoms with E-state index in [9.17, 15) is 4.79 Å². The maximum absolute atomic E-state index is 12.7. The minimum atomic E-state index is -0.285. The molecule has 0 aliphatic heterocycles. The SMILES string of the molecule is C=CCNc1cc(C(=O)NCc2ccccc2OC)nc(-c2ccccc2)n1. The van der Waals surface area contributed by atoms with Crippen LogP contribution in [0.5, 0.6) is 5.75 Å². The second-order valence-corrected chi connectivity index (χ2v) is 5.99. The first-order valence-corrected chi connectivity index (χ1v) is 8.90. The van der Waals surface area contributed by atoms with Crippen LogP contribution in [0, 0.1) is 0 Å². The fourth-order valence-corrected chi connectivity index (χ4v) is 2.66. The number of rotatable bonds is 8. The van der Waals surface area contributed by atoms with Crippen LogP contribution in [0.4, 0.5) is 5.82 Å². The Kier molecular flexibility index (Phi) is 6.36. The van der Waals surface area contributed by atoms with Crippen molar-refractivity contribution < 1.29 is 9.53 Å². The lowest BCUT2D eigenvalue weighted by atomic mass is 10.2. The van der Waals surface area contributed by atoms with Crippen LogP contribution in [0.2, 0.25) is 0 Å². The summed E-state index contributed by atoms with van der Waals surface area (Å²) in [4.78, 5) is 21.7. The zero-order valence-electron chi connectivity index (χ0n) is 15.7. The number of hydrogen-bond donors (Lipinski definition) is 2. The molecule has 28 heavy (non-hydrogen) atoms. The fourth-order valence-electron chi connectivity index (χ4n) is 2.66. The van der Waals surface area contributed by atoms with Gasteiger partial charge in [-0.1, -0.05) is 54.6 Å². The molecule has 0 saturated heterocycles. The molecule has 1 heterocycles. The van der Waals surface area contributed by atoms with Gasteiger partial charge in [0.05, 0.1) is 7.11 Å². The summed E-state index contributed by atoms with van der Waals surface area (Å²) in [5.74, 6) is 1.49. The van der Waals surface area contributed by atoms with Crippen molar-refractivity contribution in [1.29, 1.82) is 0 Å². The molecule has 2 N–H and O–H groups in total. The van der Waals surface area contributed by atoms with Crippen LogP contribution in [0.3, 0.4) is 0 Å². The van der Waals surface area contributed by atoms with Crippen molar-refractivity contribution in [2.24, 2.45) is 0 Å². The summed E-state index contributed by atoms with van der Waals surface area (Å²) in [5, 5.41) is 6.02. The smallest absolute Gasteiger partial charge is 0.270 e. The Hall–Kier alpha value is -3.67. The van der Waals surface area contributed by atoms with E-state index in [2.05, 4.69) is 27.2 Å². The van der Waals surface area contributed by atoms with Crippen molar-refractivity contribution in [2.45, 2.75) is 6.54 Å². The molecule has 6 heteroatoms. The summed E-state index contributed by atoms with van der Waals surface area (Å²) in [6, 6.07) is 18.7. The van der Waals surface area contributed by atoms with Gasteiger partial charge in [-0.25, -0.2) is 9.97 Å². The Morgan fingerprint density at radius 1 is 1.11 bits per heavy atom. The molecule has 0 unspecified atom stereocenters. The first kappa shape index (κ1) is 19.1. The van der Waals surface area contributed by atoms with E-state index in [-0.39, 0.29) is 11.6 Å². The Morgan fingerprint density at radius 3 is 2.61 bits per heavy atom. The summed E-state index contributed by atoms with van der Waals surface area (Å²) in [5.41, 5.74) is 2.01. The maximum atomic E-state index is 12.7. The Bertz CT molecular complexity index is 958. The molecule has 0 bridgehead atoms. The van der Waals surface area contributed by atoms with Gasteiger partial charge in [-0.15, -0.1) is 6.58 Å². The Balaban J connectivity index is 1.84. The van der Waals surface area contributed by atoms with E-state index in [1.807, 2.05) is 54.6 Å². The van der Waals surface area contributed by atoms with E-state index >= 15 is 0 Å². The van der Waals surface area contributed by atoms with Crippen LogP contribution < -0.4 is 15.4 Å². The summed E-state index contributed by atoms with van der Waals surface area (Å²) < 4.78 is 5.33. The van der Waals surface area contributed by atoms with Crippen LogP contribution >= 0.6 is 0 Å². The van der Waals surface area contributed by atoms with Gasteiger partial charge in [0.2, 0.25) is 0 Å². The first-order valence-electron chi connectivity index (χ1n) is 8.90. The van der Waals surface area contributed by atoms with E-state index in [0.717, 1.165) is 16.9 Å². The van der Waals surface area contributed by atoms with Gasteiger partial charge in [0.15, 0.2) is 5.82 Å². The monoisotopic (exact) mass is 374 g/mol. The number of carbonyl (C=O) groups excluding carboxylic acids is 1. The molecule has 6 nitrogen and oxygen atoms in total. The molecule has 0 fully saturated rings. The minimum Gasteiger partial charge on any atom is -0.496 e. The largest absolute Gasteiger partial charge is 0.496 e. The number of aromatic nitrogens is 2. The van der Waals surface area contributed by atoms with Gasteiger partial charge < -0.3 is 15.4 Å². The predicted molar refractivity (Wildman–Crippen MR) is 110 cm³/mol. The number of benzene rings is 2. The molecule has 1 aromatic heterocycles. The lowest BCUT2D eigenvalue weighted by Crippen LogP contribution is -2.24. The lowest BCUT2D eigenvalue weighted by Gasteiger charge is -2.11. The molecule has 0 aliphatic carbocycles. The standard InChI is InChI=1S/C22H22N4O2/c1-3-13-23-20-14-18(25-21(26-20)16-9-5-4-6-10-16)22(27)24-15-17-11-7-8-12-19(17)28-2/h3-12,14H,1,13,15H2,2H3,(H,24,27)(H,23,25,26). The van der Waals surface area contributed by atoms with Crippen molar-refractivity contribution in [1.82, 2.24) is 15.3 Å². The van der Waals surface area contributed by atoms with Gasteiger partial charge in [-0.05, 0) is 6.07 Å². The Labute approximate surface area is 164 Å². The van der Waals surface area contributed by atoms with Crippen LogP contribution in [-0.2, 0) is 6.54 Å². The third-order valence-electron chi connectivity index (χ3n) is 4.05. The number of carbonyl (C=O) groups is 1. The highest BCUT2D eigenvalue weighted by Gasteiger charge is 2.13. The maximum Gasteiger partial charge on any atom is 0.270 e. The molecule has 0 aliphatic rings. The van der Waals surface area contributed by atoms with Gasteiger partial charge >= 0.3 is 0 Å². The topological polar surface area (TPSA) is 76.1 Å². The summed E-state index contributed by atoms with van der Waals surface area (Å²) in [6.07, 6.45) is 1.73. The van der Waals surface area contributed by atoms with Crippen LogP contribution in [0.15, 0.2) is 73.3 Å². The molecule has 2 aromatic carbocycles. The molecule has 0 radical (unpaired) electrons. The van der Waals surface area contributed by atoms with Crippen LogP contribution in [0.1, 0.15) is 16.1 Å². The highest BCUT2D eigenvalue weighted by atomic mass is 16.5. The number of hydrogen-bond acceptors (Lipinski definition) is 5. The number of methoxy groups -OCH3 is 1. The van der Waals surface area contributed by atoms with Crippen LogP contribution in [-0.4, -0.2) is 29.5 Å². The third kappa shape index (κ3) is 4.73. The number of anilines is 1. The molecule has 3 aromatic rings. The normalized spacial score (nSPS) is 10.2. The highest BCUT2D eigenvalue weighted by Crippen LogP contribution is 2.19. The van der Waals surface area contributed by atoms with E-state index in [1.54, 1.807) is 19.3 Å². The molecular weight excluding hydrogens is 352 g/mol. The molecule has 0 spiro atoms. The quantitative estimate of drug-likeness (QED) is 0.588. The van der Waals surface area contributed by atoms with E-state index in [0.29, 0.717) is 24.7 Å². The fraction of sp³-hybridized carbons (Fsp3) is 0.136. The Morgan fingerprint density at radius 2 is 1.86 bits per heavy atom. The van der Waals surface area contributed by atoms with E-state index in [4.69, 9.17) is 4.74 Å². The van der Waals surface area contributed by atoms with Gasteiger partial charge in [-0.2, -0.15) is 0 Å². The van der Waals surface area contributed by atoms with Crippen LogP contribution in [0.25, 0.3) is 11.4 Å². The summed E-state index contributed by atoms with van der Waals surface area (Å²) in [6.45, 7) is 4.57. The average molecular weight is 374 g/mol. The second kappa shape index (κ2) is 9.32. The third-order valence-corrected chi connectivity index (χ3v) is 4.05. The lowest BCUT2D eigenvalue weighted by molar-refractivity contribution is 0.0945. The average Bonchev–Trinajstić information content (AvgIpc) is 2.76. The van der Waals surface area contributed by atoms with Crippen molar-refractivity contribution in [3.05, 3.63) is 84.6 Å². The number of ether oxygens (including phenoxy) is 1. The molecule has 142 valence electrons. The van der Waals surface area contributed by atoms with Gasteiger partial charge in [0.25, 0.3) is 5.91 Å². The predicted octanol–water partition coefficient (Wildman–Crippen LogP) is 3.68. The number of nitrogens with zero attached hydrogens (tertiary/aromatic N) is 2. The number of para-hydroxylation sites is 1. The van der Waals surface area contributed by atoms with Gasteiger partial charge in [0, 0.05) is 30.3 Å². The van der Waals surface area contributed by atoms with E-state index < -0.39 is 0 Å². The van der Waals surface area contributed by atoms with Crippen molar-refractivity contribution >= 4 is 11.7 Å². The minimum absolute atomic E-state index is 0.285. The van der Waals surface area contributed by atoms with Crippen molar-refractivity contribution in [3.63, 3.8) is 0 Å². The zero-order chi connectivity index (χ0) is 19.8. The van der Waals surface area contributed by atoms with Gasteiger partial charge in [-0.3, -0.25) is 4.79 Å². The number of amides is 1. The molecule has 1 amide bonds.